The second-order valence-electron chi connectivity index (χ2n) is 6.59. The minimum Gasteiger partial charge on any atom is -0.493 e. The summed E-state index contributed by atoms with van der Waals surface area (Å²) >= 11 is 0. The number of anilines is 1. The fourth-order valence-electron chi connectivity index (χ4n) is 3.43. The van der Waals surface area contributed by atoms with Crippen molar-refractivity contribution in [2.24, 2.45) is 0 Å². The van der Waals surface area contributed by atoms with Crippen LogP contribution in [0, 0.1) is 0 Å². The van der Waals surface area contributed by atoms with Gasteiger partial charge in [0, 0.05) is 31.7 Å². The lowest BCUT2D eigenvalue weighted by Gasteiger charge is -2.36. The van der Waals surface area contributed by atoms with E-state index in [-0.39, 0.29) is 11.9 Å². The van der Waals surface area contributed by atoms with Crippen LogP contribution in [0.4, 0.5) is 5.69 Å². The molecule has 29 heavy (non-hydrogen) atoms. The number of piperazine rings is 1. The maximum atomic E-state index is 12.9. The van der Waals surface area contributed by atoms with Crippen LogP contribution in [-0.2, 0) is 4.74 Å². The molecular weight excluding hydrogens is 372 g/mol. The lowest BCUT2D eigenvalue weighted by Crippen LogP contribution is -2.49. The Balaban J connectivity index is 1.70. The highest BCUT2D eigenvalue weighted by Crippen LogP contribution is 2.28. The van der Waals surface area contributed by atoms with E-state index in [2.05, 4.69) is 4.90 Å². The van der Waals surface area contributed by atoms with E-state index in [0.717, 1.165) is 5.69 Å². The maximum Gasteiger partial charge on any atom is 0.340 e. The minimum absolute atomic E-state index is 0.0516. The molecule has 1 aliphatic heterocycles. The summed E-state index contributed by atoms with van der Waals surface area (Å²) < 4.78 is 15.7. The van der Waals surface area contributed by atoms with E-state index in [1.807, 2.05) is 23.1 Å². The molecular formula is C22H26N2O5. The molecule has 1 heterocycles. The first kappa shape index (κ1) is 20.5. The van der Waals surface area contributed by atoms with Crippen molar-refractivity contribution in [2.75, 3.05) is 51.9 Å². The summed E-state index contributed by atoms with van der Waals surface area (Å²) in [4.78, 5) is 29.1. The Labute approximate surface area is 170 Å². The van der Waals surface area contributed by atoms with Crippen LogP contribution in [0.5, 0.6) is 11.5 Å². The third kappa shape index (κ3) is 4.45. The van der Waals surface area contributed by atoms with Gasteiger partial charge in [-0.05, 0) is 37.3 Å². The first-order chi connectivity index (χ1) is 14.1. The number of carbonyl (C=O) groups excluding carboxylic acids is 2. The molecule has 1 fully saturated rings. The second kappa shape index (κ2) is 9.32. The van der Waals surface area contributed by atoms with Gasteiger partial charge in [0.1, 0.15) is 0 Å². The Kier molecular flexibility index (Phi) is 6.59. The monoisotopic (exact) mass is 398 g/mol. The molecule has 2 aromatic rings. The van der Waals surface area contributed by atoms with E-state index < -0.39 is 0 Å². The standard InChI is InChI=1S/C22H26N2O5/c1-4-29-22(26)17-7-5-6-8-18(17)23-11-13-24(14-12-23)21(25)16-9-10-19(27-2)20(15-16)28-3/h5-10,15H,4,11-14H2,1-3H3. The fraction of sp³-hybridized carbons (Fsp3) is 0.364. The first-order valence-electron chi connectivity index (χ1n) is 9.61. The fourth-order valence-corrected chi connectivity index (χ4v) is 3.43. The molecule has 0 aromatic heterocycles. The number of methoxy groups -OCH3 is 2. The van der Waals surface area contributed by atoms with E-state index in [9.17, 15) is 9.59 Å². The number of ether oxygens (including phenoxy) is 3. The number of hydrogen-bond donors (Lipinski definition) is 0. The van der Waals surface area contributed by atoms with Crippen LogP contribution in [-0.4, -0.2) is 63.8 Å². The normalized spacial score (nSPS) is 13.8. The topological polar surface area (TPSA) is 68.3 Å². The van der Waals surface area contributed by atoms with Gasteiger partial charge in [0.05, 0.1) is 32.1 Å². The van der Waals surface area contributed by atoms with E-state index in [1.54, 1.807) is 45.4 Å². The predicted molar refractivity (Wildman–Crippen MR) is 110 cm³/mol. The molecule has 0 saturated carbocycles. The third-order valence-electron chi connectivity index (χ3n) is 4.94. The van der Waals surface area contributed by atoms with Crippen molar-refractivity contribution in [2.45, 2.75) is 6.92 Å². The summed E-state index contributed by atoms with van der Waals surface area (Å²) in [5.41, 5.74) is 1.95. The Morgan fingerprint density at radius 3 is 2.28 bits per heavy atom. The molecule has 2 aromatic carbocycles. The van der Waals surface area contributed by atoms with Crippen LogP contribution >= 0.6 is 0 Å². The van der Waals surface area contributed by atoms with Crippen LogP contribution in [0.2, 0.25) is 0 Å². The summed E-state index contributed by atoms with van der Waals surface area (Å²) in [7, 11) is 3.11. The number of carbonyl (C=O) groups is 2. The van der Waals surface area contributed by atoms with Crippen molar-refractivity contribution < 1.29 is 23.8 Å². The number of amides is 1. The number of esters is 1. The molecule has 7 nitrogen and oxygen atoms in total. The molecule has 0 N–H and O–H groups in total. The highest BCUT2D eigenvalue weighted by Gasteiger charge is 2.25. The summed E-state index contributed by atoms with van der Waals surface area (Å²) in [5, 5.41) is 0. The van der Waals surface area contributed by atoms with E-state index in [1.165, 1.54) is 0 Å². The molecule has 3 rings (SSSR count). The molecule has 0 spiro atoms. The van der Waals surface area contributed by atoms with Crippen LogP contribution in [0.25, 0.3) is 0 Å². The van der Waals surface area contributed by atoms with Gasteiger partial charge in [-0.2, -0.15) is 0 Å². The van der Waals surface area contributed by atoms with Gasteiger partial charge in [-0.3, -0.25) is 4.79 Å². The highest BCUT2D eigenvalue weighted by atomic mass is 16.5. The van der Waals surface area contributed by atoms with Crippen LogP contribution < -0.4 is 14.4 Å². The SMILES string of the molecule is CCOC(=O)c1ccccc1N1CCN(C(=O)c2ccc(OC)c(OC)c2)CC1. The Morgan fingerprint density at radius 1 is 0.931 bits per heavy atom. The van der Waals surface area contributed by atoms with Crippen molar-refractivity contribution in [3.05, 3.63) is 53.6 Å². The van der Waals surface area contributed by atoms with E-state index >= 15 is 0 Å². The van der Waals surface area contributed by atoms with Crippen LogP contribution in [0.15, 0.2) is 42.5 Å². The molecule has 0 aliphatic carbocycles. The van der Waals surface area contributed by atoms with Crippen molar-refractivity contribution in [3.63, 3.8) is 0 Å². The molecule has 1 aliphatic rings. The van der Waals surface area contributed by atoms with Gasteiger partial charge < -0.3 is 24.0 Å². The summed E-state index contributed by atoms with van der Waals surface area (Å²) in [6.45, 7) is 4.51. The lowest BCUT2D eigenvalue weighted by atomic mass is 10.1. The Hall–Kier alpha value is -3.22. The molecule has 0 bridgehead atoms. The molecule has 154 valence electrons. The summed E-state index contributed by atoms with van der Waals surface area (Å²) in [6, 6.07) is 12.6. The van der Waals surface area contributed by atoms with Gasteiger partial charge in [-0.1, -0.05) is 12.1 Å². The van der Waals surface area contributed by atoms with Crippen molar-refractivity contribution >= 4 is 17.6 Å². The smallest absolute Gasteiger partial charge is 0.340 e. The van der Waals surface area contributed by atoms with E-state index in [0.29, 0.717) is 55.4 Å². The van der Waals surface area contributed by atoms with Gasteiger partial charge in [0.25, 0.3) is 5.91 Å². The van der Waals surface area contributed by atoms with Crippen molar-refractivity contribution in [1.82, 2.24) is 4.90 Å². The number of nitrogens with zero attached hydrogens (tertiary/aromatic N) is 2. The molecule has 0 atom stereocenters. The van der Waals surface area contributed by atoms with Crippen LogP contribution in [0.1, 0.15) is 27.6 Å². The zero-order valence-electron chi connectivity index (χ0n) is 17.0. The van der Waals surface area contributed by atoms with Crippen molar-refractivity contribution in [1.29, 1.82) is 0 Å². The lowest BCUT2D eigenvalue weighted by molar-refractivity contribution is 0.0526. The number of para-hydroxylation sites is 1. The van der Waals surface area contributed by atoms with Crippen molar-refractivity contribution in [3.8, 4) is 11.5 Å². The predicted octanol–water partition coefficient (Wildman–Crippen LogP) is 2.84. The van der Waals surface area contributed by atoms with Crippen LogP contribution in [0.3, 0.4) is 0 Å². The molecule has 0 unspecified atom stereocenters. The highest BCUT2D eigenvalue weighted by molar-refractivity contribution is 5.96. The molecule has 0 radical (unpaired) electrons. The first-order valence-corrected chi connectivity index (χ1v) is 9.61. The Morgan fingerprint density at radius 2 is 1.62 bits per heavy atom. The number of hydrogen-bond acceptors (Lipinski definition) is 6. The van der Waals surface area contributed by atoms with Gasteiger partial charge in [-0.15, -0.1) is 0 Å². The average Bonchev–Trinajstić information content (AvgIpc) is 2.78. The Bertz CT molecular complexity index is 875. The average molecular weight is 398 g/mol. The van der Waals surface area contributed by atoms with Gasteiger partial charge in [0.15, 0.2) is 11.5 Å². The number of rotatable bonds is 6. The summed E-state index contributed by atoms with van der Waals surface area (Å²) in [6.07, 6.45) is 0. The minimum atomic E-state index is -0.327. The van der Waals surface area contributed by atoms with E-state index in [4.69, 9.17) is 14.2 Å². The molecule has 1 amide bonds. The molecule has 7 heteroatoms. The summed E-state index contributed by atoms with van der Waals surface area (Å²) in [5.74, 6) is 0.737. The second-order valence-corrected chi connectivity index (χ2v) is 6.59. The maximum absolute atomic E-state index is 12.9. The third-order valence-corrected chi connectivity index (χ3v) is 4.94. The number of benzene rings is 2. The van der Waals surface area contributed by atoms with Gasteiger partial charge >= 0.3 is 5.97 Å². The van der Waals surface area contributed by atoms with Gasteiger partial charge in [-0.25, -0.2) is 4.79 Å². The van der Waals surface area contributed by atoms with Gasteiger partial charge in [0.2, 0.25) is 0 Å². The zero-order chi connectivity index (χ0) is 20.8. The quantitative estimate of drug-likeness (QED) is 0.697. The molecule has 1 saturated heterocycles. The largest absolute Gasteiger partial charge is 0.493 e. The zero-order valence-corrected chi connectivity index (χ0v) is 17.0.